The van der Waals surface area contributed by atoms with Gasteiger partial charge in [-0.2, -0.15) is 0 Å². The number of rotatable bonds is 5. The predicted octanol–water partition coefficient (Wildman–Crippen LogP) is 1.23. The maximum atomic E-state index is 13.1. The number of carbonyl (C=O) groups is 1. The van der Waals surface area contributed by atoms with E-state index in [4.69, 9.17) is 4.74 Å². The van der Waals surface area contributed by atoms with E-state index in [1.54, 1.807) is 11.8 Å². The molecule has 1 atom stereocenters. The van der Waals surface area contributed by atoms with Crippen molar-refractivity contribution in [3.05, 3.63) is 30.1 Å². The molecule has 2 rings (SSSR count). The number of amides is 1. The van der Waals surface area contributed by atoms with Crippen LogP contribution >= 0.6 is 0 Å². The van der Waals surface area contributed by atoms with Crippen molar-refractivity contribution in [1.82, 2.24) is 4.90 Å². The second kappa shape index (κ2) is 7.27. The van der Waals surface area contributed by atoms with Gasteiger partial charge in [-0.05, 0) is 30.7 Å². The minimum Gasteiger partial charge on any atom is -0.378 e. The third-order valence-corrected chi connectivity index (χ3v) is 4.90. The van der Waals surface area contributed by atoms with E-state index in [9.17, 15) is 17.6 Å². The lowest BCUT2D eigenvalue weighted by atomic mass is 10.1. The van der Waals surface area contributed by atoms with E-state index in [-0.39, 0.29) is 11.6 Å². The van der Waals surface area contributed by atoms with Crippen molar-refractivity contribution >= 4 is 21.6 Å². The maximum absolute atomic E-state index is 13.1. The molecule has 0 spiro atoms. The zero-order valence-corrected chi connectivity index (χ0v) is 14.1. The molecule has 0 radical (unpaired) electrons. The number of ether oxygens (including phenoxy) is 1. The van der Waals surface area contributed by atoms with Crippen LogP contribution in [-0.4, -0.2) is 57.8 Å². The fourth-order valence-electron chi connectivity index (χ4n) is 2.63. The molecule has 0 aliphatic carbocycles. The fraction of sp³-hybridized carbons (Fsp3) is 0.533. The molecule has 1 aromatic carbocycles. The number of anilines is 1. The van der Waals surface area contributed by atoms with Gasteiger partial charge in [-0.1, -0.05) is 6.92 Å². The molecule has 128 valence electrons. The van der Waals surface area contributed by atoms with Crippen LogP contribution < -0.4 is 4.31 Å². The van der Waals surface area contributed by atoms with Gasteiger partial charge in [0.15, 0.2) is 0 Å². The zero-order chi connectivity index (χ0) is 17.0. The van der Waals surface area contributed by atoms with Gasteiger partial charge in [0.25, 0.3) is 0 Å². The third-order valence-electron chi connectivity index (χ3n) is 3.72. The summed E-state index contributed by atoms with van der Waals surface area (Å²) in [4.78, 5) is 14.4. The quantitative estimate of drug-likeness (QED) is 0.806. The molecular weight excluding hydrogens is 323 g/mol. The van der Waals surface area contributed by atoms with Crippen LogP contribution in [0, 0.1) is 5.82 Å². The van der Waals surface area contributed by atoms with Gasteiger partial charge >= 0.3 is 0 Å². The summed E-state index contributed by atoms with van der Waals surface area (Å²) in [6.07, 6.45) is 1.37. The summed E-state index contributed by atoms with van der Waals surface area (Å²) in [5, 5.41) is 0. The van der Waals surface area contributed by atoms with E-state index < -0.39 is 21.9 Å². The number of morpholine rings is 1. The average molecular weight is 344 g/mol. The van der Waals surface area contributed by atoms with E-state index >= 15 is 0 Å². The monoisotopic (exact) mass is 344 g/mol. The number of benzene rings is 1. The molecule has 0 aromatic heterocycles. The molecule has 6 nitrogen and oxygen atoms in total. The lowest BCUT2D eigenvalue weighted by Gasteiger charge is -2.35. The number of carbonyl (C=O) groups excluding carboxylic acids is 1. The fourth-order valence-corrected chi connectivity index (χ4v) is 3.83. The van der Waals surface area contributed by atoms with Crippen LogP contribution in [0.15, 0.2) is 24.3 Å². The highest BCUT2D eigenvalue weighted by Gasteiger charge is 2.34. The molecule has 23 heavy (non-hydrogen) atoms. The van der Waals surface area contributed by atoms with Crippen molar-refractivity contribution < 1.29 is 22.3 Å². The van der Waals surface area contributed by atoms with Crippen molar-refractivity contribution in [1.29, 1.82) is 0 Å². The Labute approximate surface area is 135 Å². The van der Waals surface area contributed by atoms with Crippen LogP contribution in [-0.2, 0) is 19.6 Å². The topological polar surface area (TPSA) is 66.9 Å². The molecule has 1 amide bonds. The summed E-state index contributed by atoms with van der Waals surface area (Å²) in [5.74, 6) is -0.722. The van der Waals surface area contributed by atoms with E-state index in [1.807, 2.05) is 0 Å². The van der Waals surface area contributed by atoms with E-state index in [0.717, 1.165) is 10.6 Å². The summed E-state index contributed by atoms with van der Waals surface area (Å²) in [5.41, 5.74) is 0.280. The largest absolute Gasteiger partial charge is 0.378 e. The molecule has 1 saturated heterocycles. The van der Waals surface area contributed by atoms with Crippen LogP contribution in [0.4, 0.5) is 10.1 Å². The maximum Gasteiger partial charge on any atom is 0.246 e. The van der Waals surface area contributed by atoms with Gasteiger partial charge in [-0.15, -0.1) is 0 Å². The highest BCUT2D eigenvalue weighted by molar-refractivity contribution is 7.92. The molecule has 1 unspecified atom stereocenters. The van der Waals surface area contributed by atoms with Crippen LogP contribution in [0.2, 0.25) is 0 Å². The Balaban J connectivity index is 2.35. The van der Waals surface area contributed by atoms with Gasteiger partial charge in [-0.3, -0.25) is 9.10 Å². The molecule has 0 saturated carbocycles. The summed E-state index contributed by atoms with van der Waals surface area (Å²) < 4.78 is 43.9. The third kappa shape index (κ3) is 4.20. The van der Waals surface area contributed by atoms with Gasteiger partial charge in [0.1, 0.15) is 11.9 Å². The second-order valence-corrected chi connectivity index (χ2v) is 7.26. The van der Waals surface area contributed by atoms with E-state index in [0.29, 0.717) is 32.7 Å². The Morgan fingerprint density at radius 2 is 1.87 bits per heavy atom. The van der Waals surface area contributed by atoms with Crippen LogP contribution in [0.1, 0.15) is 13.3 Å². The molecule has 1 aliphatic heterocycles. The molecule has 0 bridgehead atoms. The summed E-state index contributed by atoms with van der Waals surface area (Å²) >= 11 is 0. The van der Waals surface area contributed by atoms with Gasteiger partial charge in [0, 0.05) is 13.1 Å². The van der Waals surface area contributed by atoms with Crippen LogP contribution in [0.5, 0.6) is 0 Å². The molecule has 1 aliphatic rings. The molecule has 1 heterocycles. The second-order valence-electron chi connectivity index (χ2n) is 5.40. The van der Waals surface area contributed by atoms with Gasteiger partial charge in [0.05, 0.1) is 25.2 Å². The van der Waals surface area contributed by atoms with Crippen molar-refractivity contribution in [2.24, 2.45) is 0 Å². The van der Waals surface area contributed by atoms with Crippen molar-refractivity contribution in [3.63, 3.8) is 0 Å². The smallest absolute Gasteiger partial charge is 0.246 e. The number of hydrogen-bond donors (Lipinski definition) is 0. The van der Waals surface area contributed by atoms with Crippen LogP contribution in [0.3, 0.4) is 0 Å². The first kappa shape index (κ1) is 17.7. The zero-order valence-electron chi connectivity index (χ0n) is 13.2. The average Bonchev–Trinajstić information content (AvgIpc) is 2.53. The Morgan fingerprint density at radius 3 is 2.35 bits per heavy atom. The lowest BCUT2D eigenvalue weighted by molar-refractivity contribution is -0.136. The van der Waals surface area contributed by atoms with Gasteiger partial charge < -0.3 is 9.64 Å². The number of sulfonamides is 1. The minimum absolute atomic E-state index is 0.259. The minimum atomic E-state index is -3.69. The molecule has 8 heteroatoms. The Kier molecular flexibility index (Phi) is 5.59. The normalized spacial score (nSPS) is 16.9. The van der Waals surface area contributed by atoms with Gasteiger partial charge in [-0.25, -0.2) is 12.8 Å². The summed E-state index contributed by atoms with van der Waals surface area (Å²) in [6.45, 7) is 3.52. The Hall–Kier alpha value is -1.67. The molecule has 1 fully saturated rings. The molecule has 1 aromatic rings. The van der Waals surface area contributed by atoms with E-state index in [1.165, 1.54) is 24.3 Å². The number of hydrogen-bond acceptors (Lipinski definition) is 4. The highest BCUT2D eigenvalue weighted by atomic mass is 32.2. The highest BCUT2D eigenvalue weighted by Crippen LogP contribution is 2.24. The first-order chi connectivity index (χ1) is 10.8. The van der Waals surface area contributed by atoms with Crippen LogP contribution in [0.25, 0.3) is 0 Å². The molecule has 0 N–H and O–H groups in total. The SMILES string of the molecule is CCC(C(=O)N1CCOCC1)N(c1ccc(F)cc1)S(C)(=O)=O. The predicted molar refractivity (Wildman–Crippen MR) is 85.2 cm³/mol. The first-order valence-corrected chi connectivity index (χ1v) is 9.31. The lowest BCUT2D eigenvalue weighted by Crippen LogP contribution is -2.53. The number of halogens is 1. The van der Waals surface area contributed by atoms with Crippen molar-refractivity contribution in [2.75, 3.05) is 36.9 Å². The van der Waals surface area contributed by atoms with Gasteiger partial charge in [0.2, 0.25) is 15.9 Å². The van der Waals surface area contributed by atoms with Crippen molar-refractivity contribution in [2.45, 2.75) is 19.4 Å². The standard InChI is InChI=1S/C15H21FN2O4S/c1-3-14(15(19)17-8-10-22-11-9-17)18(23(2,20)21)13-6-4-12(16)5-7-13/h4-7,14H,3,8-11H2,1-2H3. The van der Waals surface area contributed by atoms with E-state index in [2.05, 4.69) is 0 Å². The number of nitrogens with zero attached hydrogens (tertiary/aromatic N) is 2. The first-order valence-electron chi connectivity index (χ1n) is 7.46. The molecular formula is C15H21FN2O4S. The van der Waals surface area contributed by atoms with Crippen molar-refractivity contribution in [3.8, 4) is 0 Å². The Bertz CT molecular complexity index is 642. The summed E-state index contributed by atoms with van der Waals surface area (Å²) in [6, 6.07) is 4.24. The summed E-state index contributed by atoms with van der Waals surface area (Å²) in [7, 11) is -3.69. The Morgan fingerprint density at radius 1 is 1.30 bits per heavy atom.